The Morgan fingerprint density at radius 2 is 1.95 bits per heavy atom. The van der Waals surface area contributed by atoms with E-state index in [4.69, 9.17) is 0 Å². The average Bonchev–Trinajstić information content (AvgIpc) is 3.00. The Bertz CT molecular complexity index is 556. The summed E-state index contributed by atoms with van der Waals surface area (Å²) in [6, 6.07) is -0.555. The van der Waals surface area contributed by atoms with Crippen molar-refractivity contribution >= 4 is 10.0 Å². The summed E-state index contributed by atoms with van der Waals surface area (Å²) in [7, 11) is -4.17. The minimum atomic E-state index is -4.55. The van der Waals surface area contributed by atoms with Gasteiger partial charge in [0, 0.05) is 6.04 Å². The molecule has 0 unspecified atom stereocenters. The molecule has 1 saturated carbocycles. The summed E-state index contributed by atoms with van der Waals surface area (Å²) in [4.78, 5) is -0.149. The van der Waals surface area contributed by atoms with Gasteiger partial charge in [0.2, 0.25) is 10.0 Å². The number of aryl methyl sites for hydroxylation is 2. The van der Waals surface area contributed by atoms with Crippen molar-refractivity contribution in [2.24, 2.45) is 0 Å². The molecule has 9 heteroatoms. The van der Waals surface area contributed by atoms with Crippen LogP contribution in [0.2, 0.25) is 0 Å². The van der Waals surface area contributed by atoms with E-state index in [0.29, 0.717) is 17.1 Å². The highest BCUT2D eigenvalue weighted by Crippen LogP contribution is 2.35. The van der Waals surface area contributed by atoms with Gasteiger partial charge in [-0.3, -0.25) is 5.10 Å². The van der Waals surface area contributed by atoms with Crippen LogP contribution in [0.3, 0.4) is 0 Å². The normalized spacial score (nSPS) is 17.2. The van der Waals surface area contributed by atoms with Gasteiger partial charge >= 0.3 is 6.18 Å². The lowest BCUT2D eigenvalue weighted by Crippen LogP contribution is -2.40. The van der Waals surface area contributed by atoms with Crippen LogP contribution in [0.15, 0.2) is 4.90 Å². The van der Waals surface area contributed by atoms with E-state index in [2.05, 4.69) is 10.2 Å². The third-order valence-electron chi connectivity index (χ3n) is 2.92. The monoisotopic (exact) mass is 297 g/mol. The van der Waals surface area contributed by atoms with Crippen molar-refractivity contribution < 1.29 is 21.6 Å². The first-order chi connectivity index (χ1) is 8.63. The number of aromatic nitrogens is 2. The number of rotatable bonds is 4. The maximum atomic E-state index is 12.5. The standard InChI is InChI=1S/C10H14F3N3O2S/c1-6-9(7(2)15-14-6)19(17,18)16(8-3-4-8)5-10(11,12)13/h8H,3-5H2,1-2H3,(H,14,15). The Balaban J connectivity index is 2.41. The Morgan fingerprint density at radius 3 is 2.32 bits per heavy atom. The van der Waals surface area contributed by atoms with Crippen molar-refractivity contribution in [1.29, 1.82) is 0 Å². The number of nitrogens with zero attached hydrogens (tertiary/aromatic N) is 2. The molecule has 0 aromatic carbocycles. The molecule has 2 rings (SSSR count). The van der Waals surface area contributed by atoms with Crippen molar-refractivity contribution in [3.8, 4) is 0 Å². The average molecular weight is 297 g/mol. The lowest BCUT2D eigenvalue weighted by atomic mass is 10.4. The second-order valence-electron chi connectivity index (χ2n) is 4.66. The molecule has 1 aliphatic carbocycles. The van der Waals surface area contributed by atoms with E-state index in [0.717, 1.165) is 0 Å². The van der Waals surface area contributed by atoms with Gasteiger partial charge in [-0.2, -0.15) is 22.6 Å². The molecule has 1 aromatic rings. The molecule has 19 heavy (non-hydrogen) atoms. The van der Waals surface area contributed by atoms with Crippen LogP contribution in [0.1, 0.15) is 24.2 Å². The molecule has 0 aliphatic heterocycles. The molecular weight excluding hydrogens is 283 g/mol. The number of hydrogen-bond acceptors (Lipinski definition) is 3. The van der Waals surface area contributed by atoms with Crippen molar-refractivity contribution in [2.75, 3.05) is 6.54 Å². The number of sulfonamides is 1. The van der Waals surface area contributed by atoms with E-state index in [9.17, 15) is 21.6 Å². The van der Waals surface area contributed by atoms with E-state index in [1.807, 2.05) is 0 Å². The lowest BCUT2D eigenvalue weighted by Gasteiger charge is -2.23. The number of aromatic amines is 1. The van der Waals surface area contributed by atoms with Gasteiger partial charge in [-0.25, -0.2) is 8.42 Å². The van der Waals surface area contributed by atoms with Crippen molar-refractivity contribution in [3.63, 3.8) is 0 Å². The first-order valence-electron chi connectivity index (χ1n) is 5.73. The van der Waals surface area contributed by atoms with Crippen LogP contribution < -0.4 is 0 Å². The Kier molecular flexibility index (Phi) is 3.38. The van der Waals surface area contributed by atoms with Gasteiger partial charge in [0.15, 0.2) is 0 Å². The lowest BCUT2D eigenvalue weighted by molar-refractivity contribution is -0.137. The van der Waals surface area contributed by atoms with Crippen LogP contribution in [0.5, 0.6) is 0 Å². The van der Waals surface area contributed by atoms with E-state index >= 15 is 0 Å². The summed E-state index contributed by atoms with van der Waals surface area (Å²) >= 11 is 0. The minimum absolute atomic E-state index is 0.149. The first-order valence-corrected chi connectivity index (χ1v) is 7.17. The van der Waals surface area contributed by atoms with Crippen molar-refractivity contribution in [1.82, 2.24) is 14.5 Å². The smallest absolute Gasteiger partial charge is 0.281 e. The van der Waals surface area contributed by atoms with E-state index < -0.39 is 28.8 Å². The van der Waals surface area contributed by atoms with Gasteiger partial charge in [-0.1, -0.05) is 0 Å². The fourth-order valence-corrected chi connectivity index (χ4v) is 3.99. The molecule has 1 aliphatic rings. The van der Waals surface area contributed by atoms with Gasteiger partial charge in [-0.05, 0) is 26.7 Å². The zero-order valence-corrected chi connectivity index (χ0v) is 11.3. The largest absolute Gasteiger partial charge is 0.402 e. The molecule has 0 amide bonds. The minimum Gasteiger partial charge on any atom is -0.281 e. The summed E-state index contributed by atoms with van der Waals surface area (Å²) in [6.07, 6.45) is -3.63. The van der Waals surface area contributed by atoms with E-state index in [1.54, 1.807) is 0 Å². The molecule has 0 spiro atoms. The Morgan fingerprint density at radius 1 is 1.37 bits per heavy atom. The molecule has 1 heterocycles. The van der Waals surface area contributed by atoms with Crippen LogP contribution in [0, 0.1) is 13.8 Å². The highest BCUT2D eigenvalue weighted by molar-refractivity contribution is 7.89. The Labute approximate surface area is 108 Å². The fourth-order valence-electron chi connectivity index (χ4n) is 1.99. The molecule has 1 N–H and O–H groups in total. The second-order valence-corrected chi connectivity index (χ2v) is 6.49. The maximum Gasteiger partial charge on any atom is 0.402 e. The predicted molar refractivity (Wildman–Crippen MR) is 61.0 cm³/mol. The van der Waals surface area contributed by atoms with Crippen LogP contribution in [-0.2, 0) is 10.0 Å². The number of alkyl halides is 3. The quantitative estimate of drug-likeness (QED) is 0.920. The molecule has 0 bridgehead atoms. The summed E-state index contributed by atoms with van der Waals surface area (Å²) in [5, 5.41) is 6.21. The van der Waals surface area contributed by atoms with Crippen LogP contribution in [0.25, 0.3) is 0 Å². The van der Waals surface area contributed by atoms with Gasteiger partial charge < -0.3 is 0 Å². The molecule has 1 fully saturated rings. The van der Waals surface area contributed by atoms with Gasteiger partial charge in [0.1, 0.15) is 11.4 Å². The number of H-pyrrole nitrogens is 1. The number of nitrogens with one attached hydrogen (secondary N) is 1. The Hall–Kier alpha value is -1.09. The molecule has 5 nitrogen and oxygen atoms in total. The molecular formula is C10H14F3N3O2S. The van der Waals surface area contributed by atoms with Crippen LogP contribution in [0.4, 0.5) is 13.2 Å². The topological polar surface area (TPSA) is 66.1 Å². The number of halogens is 3. The van der Waals surface area contributed by atoms with Gasteiger partial charge in [-0.15, -0.1) is 0 Å². The molecule has 0 radical (unpaired) electrons. The van der Waals surface area contributed by atoms with Crippen LogP contribution in [-0.4, -0.2) is 41.7 Å². The zero-order valence-electron chi connectivity index (χ0n) is 10.5. The van der Waals surface area contributed by atoms with Gasteiger partial charge in [0.25, 0.3) is 0 Å². The molecule has 0 atom stereocenters. The summed E-state index contributed by atoms with van der Waals surface area (Å²) in [5.41, 5.74) is 0.440. The molecule has 108 valence electrons. The second kappa shape index (κ2) is 4.48. The summed E-state index contributed by atoms with van der Waals surface area (Å²) in [5.74, 6) is 0. The zero-order chi connectivity index (χ0) is 14.4. The highest BCUT2D eigenvalue weighted by Gasteiger charge is 2.45. The summed E-state index contributed by atoms with van der Waals surface area (Å²) in [6.45, 7) is 1.48. The highest BCUT2D eigenvalue weighted by atomic mass is 32.2. The predicted octanol–water partition coefficient (Wildman–Crippen LogP) is 1.74. The van der Waals surface area contributed by atoms with Crippen LogP contribution >= 0.6 is 0 Å². The van der Waals surface area contributed by atoms with E-state index in [1.165, 1.54) is 13.8 Å². The van der Waals surface area contributed by atoms with Crippen molar-refractivity contribution in [3.05, 3.63) is 11.4 Å². The maximum absolute atomic E-state index is 12.5. The summed E-state index contributed by atoms with van der Waals surface area (Å²) < 4.78 is 62.9. The molecule has 1 aromatic heterocycles. The van der Waals surface area contributed by atoms with Crippen molar-refractivity contribution in [2.45, 2.75) is 43.8 Å². The van der Waals surface area contributed by atoms with E-state index in [-0.39, 0.29) is 16.3 Å². The van der Waals surface area contributed by atoms with Gasteiger partial charge in [0.05, 0.1) is 11.4 Å². The number of hydrogen-bond donors (Lipinski definition) is 1. The third kappa shape index (κ3) is 2.92. The fraction of sp³-hybridized carbons (Fsp3) is 0.700. The molecule has 0 saturated heterocycles. The third-order valence-corrected chi connectivity index (χ3v) is 5.08. The first kappa shape index (κ1) is 14.3. The SMILES string of the molecule is Cc1n[nH]c(C)c1S(=O)(=O)N(CC(F)(F)F)C1CC1.